The predicted octanol–water partition coefficient (Wildman–Crippen LogP) is 6.68. The van der Waals surface area contributed by atoms with Gasteiger partial charge in [0.2, 0.25) is 6.10 Å². The normalized spacial score (nSPS) is 11.8. The Morgan fingerprint density at radius 1 is 0.800 bits per heavy atom. The van der Waals surface area contributed by atoms with E-state index in [9.17, 15) is 27.6 Å². The molecule has 0 aromatic heterocycles. The van der Waals surface area contributed by atoms with E-state index in [2.05, 4.69) is 10.6 Å². The highest BCUT2D eigenvalue weighted by Gasteiger charge is 2.34. The molecule has 10 heteroatoms. The smallest absolute Gasteiger partial charge is 0.417 e. The van der Waals surface area contributed by atoms with Crippen LogP contribution in [-0.4, -0.2) is 24.3 Å². The number of benzene rings is 4. The van der Waals surface area contributed by atoms with E-state index in [1.807, 2.05) is 30.3 Å². The third kappa shape index (κ3) is 7.27. The van der Waals surface area contributed by atoms with E-state index in [1.54, 1.807) is 42.5 Å². The summed E-state index contributed by atoms with van der Waals surface area (Å²) in [6.07, 6.45) is -6.23. The molecule has 0 saturated carbocycles. The summed E-state index contributed by atoms with van der Waals surface area (Å²) in [6, 6.07) is 27.2. The van der Waals surface area contributed by atoms with Crippen LogP contribution in [0.3, 0.4) is 0 Å². The van der Waals surface area contributed by atoms with Gasteiger partial charge in [0.25, 0.3) is 11.8 Å². The molecule has 0 spiro atoms. The van der Waals surface area contributed by atoms with E-state index < -0.39 is 47.2 Å². The summed E-state index contributed by atoms with van der Waals surface area (Å²) in [5.41, 5.74) is 1.17. The summed E-state index contributed by atoms with van der Waals surface area (Å²) in [4.78, 5) is 38.2. The first-order valence-electron chi connectivity index (χ1n) is 12.0. The molecule has 4 rings (SSSR count). The van der Waals surface area contributed by atoms with Gasteiger partial charge in [0.15, 0.2) is 0 Å². The quantitative estimate of drug-likeness (QED) is 0.233. The zero-order valence-electron chi connectivity index (χ0n) is 20.7. The van der Waals surface area contributed by atoms with Crippen molar-refractivity contribution in [1.82, 2.24) is 5.32 Å². The molecule has 1 atom stereocenters. The summed E-state index contributed by atoms with van der Waals surface area (Å²) in [6.45, 7) is -0.547. The molecular formula is C30H22ClF3N2O4. The highest BCUT2D eigenvalue weighted by molar-refractivity contribution is 6.31. The Kier molecular flexibility index (Phi) is 8.86. The van der Waals surface area contributed by atoms with Crippen molar-refractivity contribution in [3.05, 3.63) is 125 Å². The van der Waals surface area contributed by atoms with Gasteiger partial charge in [0.05, 0.1) is 10.6 Å². The molecule has 0 aliphatic carbocycles. The second kappa shape index (κ2) is 12.5. The molecule has 204 valence electrons. The van der Waals surface area contributed by atoms with Gasteiger partial charge in [0.1, 0.15) is 6.54 Å². The number of carbonyl (C=O) groups is 3. The maximum Gasteiger partial charge on any atom is 0.417 e. The number of alkyl halides is 3. The lowest BCUT2D eigenvalue weighted by Crippen LogP contribution is -2.33. The fraction of sp³-hybridized carbons (Fsp3) is 0.100. The lowest BCUT2D eigenvalue weighted by atomic mass is 10.0. The Labute approximate surface area is 232 Å². The number of rotatable bonds is 8. The molecule has 0 aliphatic heterocycles. The highest BCUT2D eigenvalue weighted by atomic mass is 35.5. The molecule has 2 N–H and O–H groups in total. The Balaban J connectivity index is 1.42. The zero-order valence-corrected chi connectivity index (χ0v) is 21.5. The second-order valence-electron chi connectivity index (χ2n) is 8.59. The summed E-state index contributed by atoms with van der Waals surface area (Å²) in [5.74, 6) is -2.35. The van der Waals surface area contributed by atoms with E-state index in [0.29, 0.717) is 11.6 Å². The van der Waals surface area contributed by atoms with Crippen LogP contribution in [0.4, 0.5) is 18.9 Å². The number of esters is 1. The highest BCUT2D eigenvalue weighted by Crippen LogP contribution is 2.36. The number of hydrogen-bond acceptors (Lipinski definition) is 4. The van der Waals surface area contributed by atoms with Gasteiger partial charge in [0, 0.05) is 16.8 Å². The molecule has 0 fully saturated rings. The Hall–Kier alpha value is -4.63. The first-order valence-corrected chi connectivity index (χ1v) is 12.4. The minimum Gasteiger partial charge on any atom is -0.446 e. The van der Waals surface area contributed by atoms with Crippen molar-refractivity contribution in [3.63, 3.8) is 0 Å². The Bertz CT molecular complexity index is 1500. The molecule has 0 bridgehead atoms. The molecule has 2 amide bonds. The zero-order chi connectivity index (χ0) is 28.7. The molecular weight excluding hydrogens is 545 g/mol. The first-order chi connectivity index (χ1) is 19.1. The molecule has 40 heavy (non-hydrogen) atoms. The SMILES string of the molecule is O=C(CNC(=O)c1ccc(-c2ccccc2)cc1)O[C@H](C(=O)Nc1ccc(Cl)c(C(F)(F)F)c1)c1ccccc1. The van der Waals surface area contributed by atoms with Crippen molar-refractivity contribution in [2.45, 2.75) is 12.3 Å². The average Bonchev–Trinajstić information content (AvgIpc) is 2.96. The van der Waals surface area contributed by atoms with Crippen LogP contribution in [0.5, 0.6) is 0 Å². The van der Waals surface area contributed by atoms with Gasteiger partial charge in [-0.25, -0.2) is 0 Å². The second-order valence-corrected chi connectivity index (χ2v) is 9.00. The van der Waals surface area contributed by atoms with Crippen molar-refractivity contribution < 1.29 is 32.3 Å². The number of halogens is 4. The first kappa shape index (κ1) is 28.4. The topological polar surface area (TPSA) is 84.5 Å². The van der Waals surface area contributed by atoms with Crippen LogP contribution in [0.25, 0.3) is 11.1 Å². The number of carbonyl (C=O) groups excluding carboxylic acids is 3. The fourth-order valence-electron chi connectivity index (χ4n) is 3.80. The number of anilines is 1. The number of amides is 2. The van der Waals surface area contributed by atoms with Crippen LogP contribution in [-0.2, 0) is 20.5 Å². The number of ether oxygens (including phenoxy) is 1. The summed E-state index contributed by atoms with van der Waals surface area (Å²) in [5, 5.41) is 4.26. The predicted molar refractivity (Wildman–Crippen MR) is 145 cm³/mol. The van der Waals surface area contributed by atoms with Crippen molar-refractivity contribution in [1.29, 1.82) is 0 Å². The molecule has 0 heterocycles. The van der Waals surface area contributed by atoms with Gasteiger partial charge < -0.3 is 15.4 Å². The van der Waals surface area contributed by atoms with Gasteiger partial charge in [-0.3, -0.25) is 14.4 Å². The summed E-state index contributed by atoms with van der Waals surface area (Å²) in [7, 11) is 0. The molecule has 0 aliphatic rings. The molecule has 6 nitrogen and oxygen atoms in total. The van der Waals surface area contributed by atoms with E-state index >= 15 is 0 Å². The monoisotopic (exact) mass is 566 g/mol. The largest absolute Gasteiger partial charge is 0.446 e. The standard InChI is InChI=1S/C30H22ClF3N2O4/c31-25-16-15-23(17-24(25)30(32,33)34)36-29(39)27(21-9-5-2-6-10-21)40-26(37)18-35-28(38)22-13-11-20(12-14-22)19-7-3-1-4-8-19/h1-17,27H,18H2,(H,35,38)(H,36,39)/t27-/m0/s1. The van der Waals surface area contributed by atoms with Crippen LogP contribution in [0.2, 0.25) is 5.02 Å². The van der Waals surface area contributed by atoms with E-state index in [1.165, 1.54) is 18.2 Å². The Morgan fingerprint density at radius 3 is 2.02 bits per heavy atom. The summed E-state index contributed by atoms with van der Waals surface area (Å²) >= 11 is 5.65. The third-order valence-corrected chi connectivity index (χ3v) is 6.11. The molecule has 0 radical (unpaired) electrons. The van der Waals surface area contributed by atoms with Crippen molar-refractivity contribution in [2.75, 3.05) is 11.9 Å². The fourth-order valence-corrected chi connectivity index (χ4v) is 4.03. The molecule has 0 saturated heterocycles. The molecule has 4 aromatic rings. The lowest BCUT2D eigenvalue weighted by Gasteiger charge is -2.19. The van der Waals surface area contributed by atoms with Gasteiger partial charge in [-0.15, -0.1) is 0 Å². The lowest BCUT2D eigenvalue weighted by molar-refractivity contribution is -0.153. The molecule has 0 unspecified atom stereocenters. The third-order valence-electron chi connectivity index (χ3n) is 5.78. The Morgan fingerprint density at radius 2 is 1.40 bits per heavy atom. The summed E-state index contributed by atoms with van der Waals surface area (Å²) < 4.78 is 45.0. The average molecular weight is 567 g/mol. The van der Waals surface area contributed by atoms with Gasteiger partial charge in [-0.05, 0) is 41.5 Å². The molecule has 4 aromatic carbocycles. The maximum atomic E-state index is 13.2. The minimum atomic E-state index is -4.73. The van der Waals surface area contributed by atoms with Crippen molar-refractivity contribution >= 4 is 35.1 Å². The van der Waals surface area contributed by atoms with E-state index in [-0.39, 0.29) is 11.3 Å². The van der Waals surface area contributed by atoms with Crippen LogP contribution in [0, 0.1) is 0 Å². The van der Waals surface area contributed by atoms with Crippen molar-refractivity contribution in [3.8, 4) is 11.1 Å². The van der Waals surface area contributed by atoms with Crippen LogP contribution < -0.4 is 10.6 Å². The van der Waals surface area contributed by atoms with Crippen LogP contribution in [0.1, 0.15) is 27.6 Å². The van der Waals surface area contributed by atoms with E-state index in [4.69, 9.17) is 16.3 Å². The van der Waals surface area contributed by atoms with Crippen LogP contribution in [0.15, 0.2) is 103 Å². The minimum absolute atomic E-state index is 0.189. The van der Waals surface area contributed by atoms with Gasteiger partial charge >= 0.3 is 12.1 Å². The van der Waals surface area contributed by atoms with Crippen molar-refractivity contribution in [2.24, 2.45) is 0 Å². The number of hydrogen-bond donors (Lipinski definition) is 2. The van der Waals surface area contributed by atoms with Gasteiger partial charge in [-0.2, -0.15) is 13.2 Å². The van der Waals surface area contributed by atoms with Gasteiger partial charge in [-0.1, -0.05) is 84.4 Å². The van der Waals surface area contributed by atoms with Crippen LogP contribution >= 0.6 is 11.6 Å². The van der Waals surface area contributed by atoms with E-state index in [0.717, 1.165) is 17.2 Å². The number of nitrogens with one attached hydrogen (secondary N) is 2. The maximum absolute atomic E-state index is 13.2.